The molecule has 2 aromatic carbocycles. The van der Waals surface area contributed by atoms with Crippen LogP contribution in [0.5, 0.6) is 11.5 Å². The SMILES string of the molecule is COc1ccc(-c2ncc(CC(=O)Cc3cnc(-c4ccc(OC)cc4)o3)o2)cc1. The first-order valence-electron chi connectivity index (χ1n) is 9.34. The number of methoxy groups -OCH3 is 2. The quantitative estimate of drug-likeness (QED) is 0.431. The summed E-state index contributed by atoms with van der Waals surface area (Å²) in [6, 6.07) is 14.7. The highest BCUT2D eigenvalue weighted by atomic mass is 16.5. The van der Waals surface area contributed by atoms with Crippen molar-refractivity contribution < 1.29 is 23.1 Å². The molecule has 2 aromatic heterocycles. The zero-order valence-electron chi connectivity index (χ0n) is 16.6. The van der Waals surface area contributed by atoms with Gasteiger partial charge in [0, 0.05) is 11.1 Å². The fourth-order valence-electron chi connectivity index (χ4n) is 2.96. The normalized spacial score (nSPS) is 10.7. The van der Waals surface area contributed by atoms with Gasteiger partial charge in [-0.25, -0.2) is 9.97 Å². The molecule has 0 atom stereocenters. The molecule has 0 bridgehead atoms. The van der Waals surface area contributed by atoms with Crippen LogP contribution in [0.2, 0.25) is 0 Å². The van der Waals surface area contributed by atoms with E-state index in [0.717, 1.165) is 22.6 Å². The van der Waals surface area contributed by atoms with Crippen LogP contribution < -0.4 is 9.47 Å². The average Bonchev–Trinajstić information content (AvgIpc) is 3.44. The molecule has 2 heterocycles. The van der Waals surface area contributed by atoms with Gasteiger partial charge in [-0.3, -0.25) is 4.79 Å². The maximum absolute atomic E-state index is 12.4. The molecule has 0 aliphatic rings. The smallest absolute Gasteiger partial charge is 0.226 e. The standard InChI is InChI=1S/C23H20N2O5/c1-27-18-7-3-15(4-8-18)22-24-13-20(29-22)11-17(26)12-21-14-25-23(30-21)16-5-9-19(28-2)10-6-16/h3-10,13-14H,11-12H2,1-2H3. The highest BCUT2D eigenvalue weighted by Crippen LogP contribution is 2.24. The first kappa shape index (κ1) is 19.4. The van der Waals surface area contributed by atoms with E-state index in [-0.39, 0.29) is 18.6 Å². The Morgan fingerprint density at radius 1 is 0.733 bits per heavy atom. The van der Waals surface area contributed by atoms with Gasteiger partial charge in [0.15, 0.2) is 0 Å². The van der Waals surface area contributed by atoms with E-state index in [4.69, 9.17) is 18.3 Å². The third kappa shape index (κ3) is 4.41. The molecule has 0 amide bonds. The summed E-state index contributed by atoms with van der Waals surface area (Å²) in [6.07, 6.45) is 3.39. The molecule has 0 radical (unpaired) electrons. The third-order valence-electron chi connectivity index (χ3n) is 4.52. The number of hydrogen-bond acceptors (Lipinski definition) is 7. The Bertz CT molecular complexity index is 1040. The predicted octanol–water partition coefficient (Wildman–Crippen LogP) is 4.37. The van der Waals surface area contributed by atoms with Gasteiger partial charge >= 0.3 is 0 Å². The van der Waals surface area contributed by atoms with Crippen LogP contribution in [0.4, 0.5) is 0 Å². The van der Waals surface area contributed by atoms with Gasteiger partial charge in [0.1, 0.15) is 28.8 Å². The Morgan fingerprint density at radius 2 is 1.13 bits per heavy atom. The number of carbonyl (C=O) groups excluding carboxylic acids is 1. The molecule has 4 rings (SSSR count). The van der Waals surface area contributed by atoms with E-state index >= 15 is 0 Å². The van der Waals surface area contributed by atoms with Gasteiger partial charge in [-0.1, -0.05) is 0 Å². The summed E-state index contributed by atoms with van der Waals surface area (Å²) >= 11 is 0. The summed E-state index contributed by atoms with van der Waals surface area (Å²) in [6.45, 7) is 0. The molecule has 0 spiro atoms. The van der Waals surface area contributed by atoms with Crippen LogP contribution in [0.1, 0.15) is 11.5 Å². The van der Waals surface area contributed by atoms with Gasteiger partial charge in [0.25, 0.3) is 0 Å². The first-order valence-corrected chi connectivity index (χ1v) is 9.34. The van der Waals surface area contributed by atoms with Gasteiger partial charge < -0.3 is 18.3 Å². The lowest BCUT2D eigenvalue weighted by molar-refractivity contribution is -0.118. The first-order chi connectivity index (χ1) is 14.6. The van der Waals surface area contributed by atoms with Gasteiger partial charge in [-0.2, -0.15) is 0 Å². The molecule has 0 aliphatic carbocycles. The van der Waals surface area contributed by atoms with E-state index in [2.05, 4.69) is 9.97 Å². The number of ether oxygens (including phenoxy) is 2. The van der Waals surface area contributed by atoms with Crippen LogP contribution in [0.15, 0.2) is 69.8 Å². The summed E-state index contributed by atoms with van der Waals surface area (Å²) in [4.78, 5) is 20.9. The molecule has 0 unspecified atom stereocenters. The van der Waals surface area contributed by atoms with Crippen molar-refractivity contribution in [3.8, 4) is 34.4 Å². The fourth-order valence-corrected chi connectivity index (χ4v) is 2.96. The molecular weight excluding hydrogens is 384 g/mol. The molecule has 0 aliphatic heterocycles. The number of hydrogen-bond donors (Lipinski definition) is 0. The maximum atomic E-state index is 12.4. The van der Waals surface area contributed by atoms with Gasteiger partial charge in [0.05, 0.1) is 39.5 Å². The van der Waals surface area contributed by atoms with Crippen molar-refractivity contribution in [3.05, 3.63) is 72.4 Å². The Labute approximate surface area is 173 Å². The minimum atomic E-state index is -0.0511. The number of aromatic nitrogens is 2. The fraction of sp³-hybridized carbons (Fsp3) is 0.174. The molecule has 152 valence electrons. The highest BCUT2D eigenvalue weighted by Gasteiger charge is 2.14. The van der Waals surface area contributed by atoms with Gasteiger partial charge in [0.2, 0.25) is 11.8 Å². The van der Waals surface area contributed by atoms with Crippen molar-refractivity contribution in [2.75, 3.05) is 14.2 Å². The molecule has 0 saturated heterocycles. The molecule has 30 heavy (non-hydrogen) atoms. The predicted molar refractivity (Wildman–Crippen MR) is 109 cm³/mol. The van der Waals surface area contributed by atoms with Crippen LogP contribution in [0.25, 0.3) is 22.9 Å². The summed E-state index contributed by atoms with van der Waals surface area (Å²) in [7, 11) is 3.22. The van der Waals surface area contributed by atoms with Crippen LogP contribution in [0, 0.1) is 0 Å². The zero-order chi connectivity index (χ0) is 20.9. The molecule has 0 saturated carbocycles. The Balaban J connectivity index is 1.38. The van der Waals surface area contributed by atoms with Crippen LogP contribution >= 0.6 is 0 Å². The highest BCUT2D eigenvalue weighted by molar-refractivity contribution is 5.82. The number of Topliss-reactive ketones (excluding diaryl/α,β-unsaturated/α-hetero) is 1. The van der Waals surface area contributed by atoms with E-state index in [9.17, 15) is 4.79 Å². The molecule has 4 aromatic rings. The number of benzene rings is 2. The second kappa shape index (κ2) is 8.65. The molecule has 7 heteroatoms. The topological polar surface area (TPSA) is 87.6 Å². The van der Waals surface area contributed by atoms with Gasteiger partial charge in [-0.05, 0) is 48.5 Å². The Hall–Kier alpha value is -3.87. The minimum absolute atomic E-state index is 0.0511. The Morgan fingerprint density at radius 3 is 1.50 bits per heavy atom. The van der Waals surface area contributed by atoms with E-state index in [1.165, 1.54) is 0 Å². The van der Waals surface area contributed by atoms with Crippen LogP contribution in [-0.2, 0) is 17.6 Å². The molecular formula is C23H20N2O5. The molecule has 0 N–H and O–H groups in total. The second-order valence-corrected chi connectivity index (χ2v) is 6.61. The number of nitrogens with zero attached hydrogens (tertiary/aromatic N) is 2. The van der Waals surface area contributed by atoms with Crippen molar-refractivity contribution in [1.82, 2.24) is 9.97 Å². The van der Waals surface area contributed by atoms with Crippen molar-refractivity contribution >= 4 is 5.78 Å². The largest absolute Gasteiger partial charge is 0.497 e. The van der Waals surface area contributed by atoms with Crippen molar-refractivity contribution in [3.63, 3.8) is 0 Å². The summed E-state index contributed by atoms with van der Waals surface area (Å²) in [5.41, 5.74) is 1.63. The number of ketones is 1. The lowest BCUT2D eigenvalue weighted by Crippen LogP contribution is -2.05. The minimum Gasteiger partial charge on any atom is -0.497 e. The van der Waals surface area contributed by atoms with E-state index in [1.54, 1.807) is 26.6 Å². The van der Waals surface area contributed by atoms with Gasteiger partial charge in [-0.15, -0.1) is 0 Å². The third-order valence-corrected chi connectivity index (χ3v) is 4.52. The summed E-state index contributed by atoms with van der Waals surface area (Å²) in [5, 5.41) is 0. The number of carbonyl (C=O) groups is 1. The molecule has 0 fully saturated rings. The summed E-state index contributed by atoms with van der Waals surface area (Å²) < 4.78 is 21.7. The monoisotopic (exact) mass is 404 g/mol. The van der Waals surface area contributed by atoms with Crippen LogP contribution in [-0.4, -0.2) is 30.0 Å². The van der Waals surface area contributed by atoms with E-state index < -0.39 is 0 Å². The number of rotatable bonds is 8. The summed E-state index contributed by atoms with van der Waals surface area (Å²) in [5.74, 6) is 3.37. The molecule has 7 nitrogen and oxygen atoms in total. The van der Waals surface area contributed by atoms with E-state index in [1.807, 2.05) is 48.5 Å². The average molecular weight is 404 g/mol. The van der Waals surface area contributed by atoms with Crippen molar-refractivity contribution in [1.29, 1.82) is 0 Å². The van der Waals surface area contributed by atoms with E-state index in [0.29, 0.717) is 23.3 Å². The lowest BCUT2D eigenvalue weighted by atomic mass is 10.1. The maximum Gasteiger partial charge on any atom is 0.226 e. The second-order valence-electron chi connectivity index (χ2n) is 6.61. The Kier molecular flexibility index (Phi) is 5.61. The number of oxazole rings is 2. The zero-order valence-corrected chi connectivity index (χ0v) is 16.6. The van der Waals surface area contributed by atoms with Crippen LogP contribution in [0.3, 0.4) is 0 Å². The van der Waals surface area contributed by atoms with Crippen molar-refractivity contribution in [2.24, 2.45) is 0 Å². The lowest BCUT2D eigenvalue weighted by Gasteiger charge is -2.00. The van der Waals surface area contributed by atoms with Crippen molar-refractivity contribution in [2.45, 2.75) is 12.8 Å².